The third-order valence-electron chi connectivity index (χ3n) is 7.23. The van der Waals surface area contributed by atoms with Gasteiger partial charge in [0.1, 0.15) is 0 Å². The predicted molar refractivity (Wildman–Crippen MR) is 129 cm³/mol. The molecule has 5 nitrogen and oxygen atoms in total. The van der Waals surface area contributed by atoms with E-state index in [1.54, 1.807) is 4.57 Å². The van der Waals surface area contributed by atoms with Gasteiger partial charge in [-0.1, -0.05) is 36.4 Å². The first kappa shape index (κ1) is 21.1. The Morgan fingerprint density at radius 1 is 1.03 bits per heavy atom. The van der Waals surface area contributed by atoms with E-state index in [1.807, 2.05) is 24.3 Å². The summed E-state index contributed by atoms with van der Waals surface area (Å²) in [4.78, 5) is 29.1. The van der Waals surface area contributed by atoms with Crippen LogP contribution in [-0.2, 0) is 17.8 Å². The van der Waals surface area contributed by atoms with E-state index in [9.17, 15) is 9.59 Å². The standard InChI is InChI=1S/C26H29N3O2S/c30-24(27-22-11-5-7-18-6-1-2-8-20(18)22)19-14-12-17(13-15-19)16-29-25(31)21-9-3-4-10-23(21)28-26(29)32/h1-4,6,8-10,17,19,22H,5,7,11-16H2,(H,27,30)(H,28,32). The maximum absolute atomic E-state index is 13.0. The van der Waals surface area contributed by atoms with Gasteiger partial charge in [-0.15, -0.1) is 0 Å². The summed E-state index contributed by atoms with van der Waals surface area (Å²) in [5.74, 6) is 0.608. The van der Waals surface area contributed by atoms with Gasteiger partial charge in [-0.2, -0.15) is 0 Å². The van der Waals surface area contributed by atoms with Crippen molar-refractivity contribution in [2.24, 2.45) is 11.8 Å². The minimum atomic E-state index is -0.0276. The zero-order valence-corrected chi connectivity index (χ0v) is 19.0. The van der Waals surface area contributed by atoms with Crippen LogP contribution in [0.2, 0.25) is 0 Å². The molecular formula is C26H29N3O2S. The van der Waals surface area contributed by atoms with Crippen molar-refractivity contribution >= 4 is 29.0 Å². The molecule has 1 aromatic heterocycles. The van der Waals surface area contributed by atoms with E-state index < -0.39 is 0 Å². The Labute approximate surface area is 192 Å². The van der Waals surface area contributed by atoms with Gasteiger partial charge in [-0.3, -0.25) is 14.2 Å². The summed E-state index contributed by atoms with van der Waals surface area (Å²) >= 11 is 5.47. The zero-order chi connectivity index (χ0) is 22.1. The first-order valence-electron chi connectivity index (χ1n) is 11.7. The second kappa shape index (κ2) is 9.02. The van der Waals surface area contributed by atoms with Crippen molar-refractivity contribution in [2.45, 2.75) is 57.5 Å². The van der Waals surface area contributed by atoms with Gasteiger partial charge < -0.3 is 10.3 Å². The first-order chi connectivity index (χ1) is 15.6. The van der Waals surface area contributed by atoms with Crippen LogP contribution in [0.15, 0.2) is 53.3 Å². The van der Waals surface area contributed by atoms with Crippen LogP contribution in [0.5, 0.6) is 0 Å². The molecule has 1 amide bonds. The monoisotopic (exact) mass is 447 g/mol. The Balaban J connectivity index is 1.22. The fourth-order valence-electron chi connectivity index (χ4n) is 5.42. The summed E-state index contributed by atoms with van der Waals surface area (Å²) in [7, 11) is 0. The molecule has 1 heterocycles. The van der Waals surface area contributed by atoms with Crippen LogP contribution in [0, 0.1) is 16.6 Å². The Kier molecular flexibility index (Phi) is 5.96. The number of benzene rings is 2. The van der Waals surface area contributed by atoms with Crippen molar-refractivity contribution in [1.82, 2.24) is 14.9 Å². The third-order valence-corrected chi connectivity index (χ3v) is 7.56. The lowest BCUT2D eigenvalue weighted by atomic mass is 9.81. The molecule has 0 bridgehead atoms. The topological polar surface area (TPSA) is 66.9 Å². The SMILES string of the molecule is O=C(NC1CCCc2ccccc21)C1CCC(Cn2c(=S)[nH]c3ccccc3c2=O)CC1. The van der Waals surface area contributed by atoms with E-state index in [4.69, 9.17) is 12.2 Å². The van der Waals surface area contributed by atoms with E-state index in [1.165, 1.54) is 11.1 Å². The van der Waals surface area contributed by atoms with Gasteiger partial charge in [0.15, 0.2) is 4.77 Å². The molecule has 1 saturated carbocycles. The number of para-hydroxylation sites is 1. The van der Waals surface area contributed by atoms with Gasteiger partial charge in [0.25, 0.3) is 5.56 Å². The highest BCUT2D eigenvalue weighted by Crippen LogP contribution is 2.33. The van der Waals surface area contributed by atoms with E-state index in [0.717, 1.165) is 50.5 Å². The highest BCUT2D eigenvalue weighted by molar-refractivity contribution is 7.71. The molecule has 2 aromatic carbocycles. The molecule has 2 aliphatic rings. The number of rotatable bonds is 4. The molecule has 1 atom stereocenters. The van der Waals surface area contributed by atoms with Gasteiger partial charge >= 0.3 is 0 Å². The molecule has 2 N–H and O–H groups in total. The van der Waals surface area contributed by atoms with Crippen molar-refractivity contribution in [3.05, 3.63) is 74.8 Å². The number of amides is 1. The highest BCUT2D eigenvalue weighted by atomic mass is 32.1. The smallest absolute Gasteiger partial charge is 0.262 e. The molecule has 1 unspecified atom stereocenters. The van der Waals surface area contributed by atoms with Crippen LogP contribution in [-0.4, -0.2) is 15.5 Å². The Bertz CT molecular complexity index is 1250. The number of carbonyl (C=O) groups is 1. The number of H-pyrrole nitrogens is 1. The van der Waals surface area contributed by atoms with Gasteiger partial charge in [-0.25, -0.2) is 0 Å². The normalized spacial score (nSPS) is 22.9. The lowest BCUT2D eigenvalue weighted by Crippen LogP contribution is -2.37. The van der Waals surface area contributed by atoms with Crippen molar-refractivity contribution < 1.29 is 4.79 Å². The third kappa shape index (κ3) is 4.16. The average molecular weight is 448 g/mol. The summed E-state index contributed by atoms with van der Waals surface area (Å²) < 4.78 is 2.17. The van der Waals surface area contributed by atoms with Gasteiger partial charge in [0.2, 0.25) is 5.91 Å². The Hall–Kier alpha value is -2.73. The number of hydrogen-bond donors (Lipinski definition) is 2. The van der Waals surface area contributed by atoms with Crippen molar-refractivity contribution in [1.29, 1.82) is 0 Å². The Morgan fingerprint density at radius 2 is 1.78 bits per heavy atom. The number of fused-ring (bicyclic) bond motifs is 2. The lowest BCUT2D eigenvalue weighted by Gasteiger charge is -2.31. The quantitative estimate of drug-likeness (QED) is 0.550. The molecule has 0 aliphatic heterocycles. The molecule has 32 heavy (non-hydrogen) atoms. The first-order valence-corrected chi connectivity index (χ1v) is 12.1. The Morgan fingerprint density at radius 3 is 2.62 bits per heavy atom. The summed E-state index contributed by atoms with van der Waals surface area (Å²) in [5.41, 5.74) is 3.40. The van der Waals surface area contributed by atoms with Gasteiger partial charge in [0.05, 0.1) is 16.9 Å². The molecule has 1 fully saturated rings. The van der Waals surface area contributed by atoms with Gasteiger partial charge in [0, 0.05) is 12.5 Å². The number of carbonyl (C=O) groups excluding carboxylic acids is 1. The van der Waals surface area contributed by atoms with Crippen LogP contribution in [0.1, 0.15) is 55.7 Å². The van der Waals surface area contributed by atoms with E-state index in [0.29, 0.717) is 22.6 Å². The van der Waals surface area contributed by atoms with Crippen LogP contribution in [0.3, 0.4) is 0 Å². The number of aromatic nitrogens is 2. The zero-order valence-electron chi connectivity index (χ0n) is 18.2. The minimum Gasteiger partial charge on any atom is -0.349 e. The molecular weight excluding hydrogens is 418 g/mol. The fraction of sp³-hybridized carbons (Fsp3) is 0.423. The minimum absolute atomic E-state index is 0.0276. The summed E-state index contributed by atoms with van der Waals surface area (Å²) in [6, 6.07) is 16.1. The highest BCUT2D eigenvalue weighted by Gasteiger charge is 2.29. The van der Waals surface area contributed by atoms with E-state index in [-0.39, 0.29) is 23.4 Å². The number of nitrogens with one attached hydrogen (secondary N) is 2. The summed E-state index contributed by atoms with van der Waals surface area (Å²) in [6.07, 6.45) is 6.84. The number of aryl methyl sites for hydroxylation is 1. The molecule has 166 valence electrons. The van der Waals surface area contributed by atoms with E-state index >= 15 is 0 Å². The lowest BCUT2D eigenvalue weighted by molar-refractivity contribution is -0.127. The number of aromatic amines is 1. The van der Waals surface area contributed by atoms with Gasteiger partial charge in [-0.05, 0) is 86.3 Å². The molecule has 0 radical (unpaired) electrons. The fourth-order valence-corrected chi connectivity index (χ4v) is 5.69. The van der Waals surface area contributed by atoms with Crippen LogP contribution in [0.25, 0.3) is 10.9 Å². The number of nitrogens with zero attached hydrogens (tertiary/aromatic N) is 1. The second-order valence-electron chi connectivity index (χ2n) is 9.26. The largest absolute Gasteiger partial charge is 0.349 e. The maximum Gasteiger partial charge on any atom is 0.262 e. The van der Waals surface area contributed by atoms with Crippen molar-refractivity contribution in [2.75, 3.05) is 0 Å². The van der Waals surface area contributed by atoms with Crippen LogP contribution in [0.4, 0.5) is 0 Å². The molecule has 5 rings (SSSR count). The van der Waals surface area contributed by atoms with E-state index in [2.05, 4.69) is 34.6 Å². The average Bonchev–Trinajstić information content (AvgIpc) is 2.82. The second-order valence-corrected chi connectivity index (χ2v) is 9.65. The van der Waals surface area contributed by atoms with Crippen molar-refractivity contribution in [3.63, 3.8) is 0 Å². The predicted octanol–water partition coefficient (Wildman–Crippen LogP) is 5.06. The molecule has 0 saturated heterocycles. The maximum atomic E-state index is 13.0. The van der Waals surface area contributed by atoms with Crippen molar-refractivity contribution in [3.8, 4) is 0 Å². The molecule has 6 heteroatoms. The molecule has 3 aromatic rings. The number of hydrogen-bond acceptors (Lipinski definition) is 3. The van der Waals surface area contributed by atoms with Crippen LogP contribution >= 0.6 is 12.2 Å². The van der Waals surface area contributed by atoms with Crippen LogP contribution < -0.4 is 10.9 Å². The molecule has 2 aliphatic carbocycles. The summed E-state index contributed by atoms with van der Waals surface area (Å²) in [5, 5.41) is 4.00. The molecule has 0 spiro atoms. The summed E-state index contributed by atoms with van der Waals surface area (Å²) in [6.45, 7) is 0.614.